The number of hydrogen-bond donors (Lipinski definition) is 10. The van der Waals surface area contributed by atoms with Gasteiger partial charge < -0.3 is 83.6 Å². The first-order valence-corrected chi connectivity index (χ1v) is 30.1. The number of hydrogen-bond acceptors (Lipinski definition) is 15. The monoisotopic (exact) mass is 1230 g/mol. The molecule has 2 saturated heterocycles. The number of anilines is 2. The van der Waals surface area contributed by atoms with E-state index < -0.39 is 107 Å². The molecule has 3 aromatic rings. The van der Waals surface area contributed by atoms with Gasteiger partial charge in [0.05, 0.1) is 5.56 Å². The van der Waals surface area contributed by atoms with Crippen LogP contribution in [0, 0.1) is 11.8 Å². The van der Waals surface area contributed by atoms with Crippen molar-refractivity contribution < 1.29 is 62.1 Å². The van der Waals surface area contributed by atoms with Crippen LogP contribution < -0.4 is 59.6 Å². The number of carbonyl (C=O) groups is 9. The molecular formula is C62H86N14O13. The molecule has 0 saturated carbocycles. The molecule has 8 amide bonds. The van der Waals surface area contributed by atoms with E-state index in [1.807, 2.05) is 0 Å². The average Bonchev–Trinajstić information content (AvgIpc) is 1.65. The highest BCUT2D eigenvalue weighted by molar-refractivity contribution is 6.02. The fraction of sp³-hybridized carbons (Fsp3) is 0.532. The smallest absolute Gasteiger partial charge is 0.408 e. The number of carbonyl (C=O) groups excluding carboxylic acids is 9. The quantitative estimate of drug-likeness (QED) is 0.0220. The number of fused-ring (bicyclic) bond motifs is 6. The maximum atomic E-state index is 14.5. The maximum Gasteiger partial charge on any atom is 0.408 e. The van der Waals surface area contributed by atoms with Gasteiger partial charge in [-0.1, -0.05) is 45.9 Å². The first kappa shape index (κ1) is 67.3. The molecule has 0 radical (unpaired) electrons. The number of guanidine groups is 2. The van der Waals surface area contributed by atoms with Crippen molar-refractivity contribution in [3.8, 4) is 11.5 Å². The molecule has 2 fully saturated rings. The zero-order chi connectivity index (χ0) is 65.3. The van der Waals surface area contributed by atoms with Crippen LogP contribution >= 0.6 is 0 Å². The number of aliphatic imine (C=N–C) groups is 2. The lowest BCUT2D eigenvalue weighted by Gasteiger charge is -2.37. The highest BCUT2D eigenvalue weighted by atomic mass is 16.6. The van der Waals surface area contributed by atoms with Crippen molar-refractivity contribution >= 4 is 76.9 Å². The van der Waals surface area contributed by atoms with E-state index in [2.05, 4.69) is 41.9 Å². The zero-order valence-electron chi connectivity index (χ0n) is 52.3. The molecule has 4 heterocycles. The second kappa shape index (κ2) is 28.3. The molecule has 27 nitrogen and oxygen atoms in total. The van der Waals surface area contributed by atoms with Gasteiger partial charge in [-0.15, -0.1) is 0 Å². The van der Waals surface area contributed by atoms with Gasteiger partial charge in [-0.25, -0.2) is 14.4 Å². The van der Waals surface area contributed by atoms with Crippen molar-refractivity contribution in [1.29, 1.82) is 0 Å². The third-order valence-corrected chi connectivity index (χ3v) is 15.3. The number of benzene rings is 3. The van der Waals surface area contributed by atoms with E-state index in [0.29, 0.717) is 47.9 Å². The van der Waals surface area contributed by atoms with Crippen LogP contribution in [0.2, 0.25) is 0 Å². The maximum absolute atomic E-state index is 14.5. The molecule has 89 heavy (non-hydrogen) atoms. The van der Waals surface area contributed by atoms with Crippen molar-refractivity contribution in [3.63, 3.8) is 0 Å². The number of nitrogens with zero attached hydrogens (tertiary/aromatic N) is 4. The highest BCUT2D eigenvalue weighted by Crippen LogP contribution is 2.57. The Labute approximate surface area is 517 Å². The van der Waals surface area contributed by atoms with Crippen LogP contribution in [0.15, 0.2) is 70.6 Å². The highest BCUT2D eigenvalue weighted by Gasteiger charge is 2.54. The molecule has 14 N–H and O–H groups in total. The van der Waals surface area contributed by atoms with E-state index in [9.17, 15) is 43.2 Å². The Morgan fingerprint density at radius 1 is 0.607 bits per heavy atom. The largest absolute Gasteiger partial charge is 0.456 e. The second-order valence-corrected chi connectivity index (χ2v) is 25.3. The molecular weight excluding hydrogens is 1150 g/mol. The summed E-state index contributed by atoms with van der Waals surface area (Å²) in [6, 6.07) is 10.1. The summed E-state index contributed by atoms with van der Waals surface area (Å²) in [4.78, 5) is 136. The van der Waals surface area contributed by atoms with Crippen LogP contribution in [0.5, 0.6) is 11.5 Å². The van der Waals surface area contributed by atoms with Crippen LogP contribution in [-0.4, -0.2) is 149 Å². The minimum absolute atomic E-state index is 0.0658. The number of nitrogens with one attached hydrogen (secondary N) is 6. The summed E-state index contributed by atoms with van der Waals surface area (Å²) >= 11 is 0. The van der Waals surface area contributed by atoms with Crippen LogP contribution in [0.3, 0.4) is 0 Å². The van der Waals surface area contributed by atoms with Gasteiger partial charge in [-0.3, -0.25) is 38.8 Å². The Balaban J connectivity index is 1.14. The minimum Gasteiger partial charge on any atom is -0.456 e. The molecule has 6 atom stereocenters. The molecule has 482 valence electrons. The van der Waals surface area contributed by atoms with Crippen molar-refractivity contribution in [2.45, 2.75) is 174 Å². The lowest BCUT2D eigenvalue weighted by molar-refractivity contribution is -0.141. The summed E-state index contributed by atoms with van der Waals surface area (Å²) in [5, 5.41) is 16.8. The molecule has 27 heteroatoms. The zero-order valence-corrected chi connectivity index (χ0v) is 52.3. The molecule has 4 aliphatic heterocycles. The van der Waals surface area contributed by atoms with Gasteiger partial charge in [-0.05, 0) is 135 Å². The Bertz CT molecular complexity index is 3060. The van der Waals surface area contributed by atoms with Crippen molar-refractivity contribution in [1.82, 2.24) is 31.1 Å². The summed E-state index contributed by atoms with van der Waals surface area (Å²) in [5.74, 6) is -4.78. The predicted molar refractivity (Wildman–Crippen MR) is 331 cm³/mol. The average molecular weight is 1240 g/mol. The van der Waals surface area contributed by atoms with E-state index in [0.717, 1.165) is 0 Å². The molecule has 0 aromatic heterocycles. The topological polar surface area (TPSA) is 398 Å². The van der Waals surface area contributed by atoms with E-state index in [4.69, 9.17) is 41.9 Å². The van der Waals surface area contributed by atoms with E-state index in [1.165, 1.54) is 21.9 Å². The fourth-order valence-electron chi connectivity index (χ4n) is 11.2. The Morgan fingerprint density at radius 2 is 1.02 bits per heavy atom. The first-order valence-electron chi connectivity index (χ1n) is 30.1. The van der Waals surface area contributed by atoms with Crippen LogP contribution in [0.4, 0.5) is 21.0 Å². The van der Waals surface area contributed by atoms with Gasteiger partial charge in [0.2, 0.25) is 35.4 Å². The molecule has 0 bridgehead atoms. The molecule has 1 spiro atoms. The van der Waals surface area contributed by atoms with Crippen LogP contribution in [-0.2, 0) is 48.6 Å². The van der Waals surface area contributed by atoms with E-state index in [-0.39, 0.29) is 98.5 Å². The third kappa shape index (κ3) is 16.7. The van der Waals surface area contributed by atoms with Gasteiger partial charge in [0.25, 0.3) is 0 Å². The number of rotatable bonds is 22. The number of esters is 1. The summed E-state index contributed by atoms with van der Waals surface area (Å²) in [7, 11) is 0. The Kier molecular flexibility index (Phi) is 21.4. The summed E-state index contributed by atoms with van der Waals surface area (Å²) in [6.07, 6.45) is 0.645. The number of nitrogens with two attached hydrogens (primary N) is 4. The molecule has 3 aromatic carbocycles. The third-order valence-electron chi connectivity index (χ3n) is 15.3. The normalized spacial score (nSPS) is 18.8. The molecule has 2 unspecified atom stereocenters. The predicted octanol–water partition coefficient (Wildman–Crippen LogP) is 4.29. The van der Waals surface area contributed by atoms with Gasteiger partial charge >= 0.3 is 18.2 Å². The first-order chi connectivity index (χ1) is 41.9. The summed E-state index contributed by atoms with van der Waals surface area (Å²) in [6.45, 7) is 18.0. The van der Waals surface area contributed by atoms with Gasteiger partial charge in [0, 0.05) is 66.4 Å². The van der Waals surface area contributed by atoms with Crippen molar-refractivity contribution in [2.75, 3.05) is 36.8 Å². The standard InChI is InChI=1S/C62H86N14O13/c1-33(2)47(73-58(84)88-60(5,6)7)53(81)75-29-15-21-43(75)51(79)71-41(19-13-27-67-56(63)64)49(77)69-35-23-25-39-45(31-35)86-46-32-36(24-26-40(46)62(39)38-18-12-11-17-37(38)55(83)87-62)70-50(78)42(20-14-28-68-57(65)66)72-52(80)44-22-16-30-76(44)54(82)48(34(3)4)74-59(85)89-61(8,9)10/h11-12,17-18,23-26,31-34,41-44,47-48H,13-16,19-22,27-30H2,1-10H3,(H,69,77)(H,70,78)(H,71,79)(H,72,80)(H,73,84)(H,74,85)(H4,63,64,67)(H4,65,66,68)/t41-,42-,43?,44?,47-,48-,62?/m0/s1. The van der Waals surface area contributed by atoms with Crippen LogP contribution in [0.1, 0.15) is 148 Å². The SMILES string of the molecule is CC(C)[C@H](NC(=O)OC(C)(C)C)C(=O)N1CCCC1C(=O)N[C@@H](CCCN=C(N)N)C(=O)Nc1ccc2c(c1)Oc1cc(NC(=O)[C@H](CCCN=C(N)N)NC(=O)C3CCCN3C(=O)[C@@H](NC(=O)OC(C)(C)C)C(C)C)ccc1C21OC(=O)c2ccccc21. The number of ether oxygens (including phenoxy) is 4. The number of alkyl carbamates (subject to hydrolysis) is 2. The second-order valence-electron chi connectivity index (χ2n) is 25.3. The van der Waals surface area contributed by atoms with E-state index in [1.54, 1.807) is 118 Å². The Morgan fingerprint density at radius 3 is 1.42 bits per heavy atom. The van der Waals surface area contributed by atoms with Gasteiger partial charge in [-0.2, -0.15) is 0 Å². The van der Waals surface area contributed by atoms with Gasteiger partial charge in [0.1, 0.15) is 59.0 Å². The van der Waals surface area contributed by atoms with Crippen LogP contribution in [0.25, 0.3) is 0 Å². The lowest BCUT2D eigenvalue weighted by atomic mass is 9.77. The molecule has 7 rings (SSSR count). The summed E-state index contributed by atoms with van der Waals surface area (Å²) < 4.78 is 23.9. The fourth-order valence-corrected chi connectivity index (χ4v) is 11.2. The Hall–Kier alpha value is -9.17. The lowest BCUT2D eigenvalue weighted by Crippen LogP contribution is -2.57. The van der Waals surface area contributed by atoms with Crippen molar-refractivity contribution in [3.05, 3.63) is 82.9 Å². The molecule has 4 aliphatic rings. The number of likely N-dealkylation sites (tertiary alicyclic amines) is 2. The summed E-state index contributed by atoms with van der Waals surface area (Å²) in [5.41, 5.74) is 21.2. The van der Waals surface area contributed by atoms with Crippen molar-refractivity contribution in [2.24, 2.45) is 44.8 Å². The molecule has 0 aliphatic carbocycles. The van der Waals surface area contributed by atoms with Gasteiger partial charge in [0.15, 0.2) is 17.5 Å². The minimum atomic E-state index is -1.59. The number of amides is 8. The van der Waals surface area contributed by atoms with E-state index >= 15 is 0 Å².